The first-order valence-electron chi connectivity index (χ1n) is 3.08. The summed E-state index contributed by atoms with van der Waals surface area (Å²) in [6.07, 6.45) is 1.72. The summed E-state index contributed by atoms with van der Waals surface area (Å²) in [5.41, 5.74) is 0.760. The molecule has 1 N–H and O–H groups in total. The van der Waals surface area contributed by atoms with Crippen LogP contribution in [0.1, 0.15) is 6.92 Å². The second kappa shape index (κ2) is 3.44. The van der Waals surface area contributed by atoms with Crippen molar-refractivity contribution in [2.24, 2.45) is 0 Å². The number of carbonyl (C=O) groups excluding carboxylic acids is 1. The predicted molar refractivity (Wildman–Crippen MR) is 43.2 cm³/mol. The fourth-order valence-corrected chi connectivity index (χ4v) is 0.807. The molecule has 1 atom stereocenters. The van der Waals surface area contributed by atoms with Gasteiger partial charge in [-0.05, 0) is 0 Å². The van der Waals surface area contributed by atoms with Gasteiger partial charge in [0, 0.05) is 6.92 Å². The van der Waals surface area contributed by atoms with Crippen molar-refractivity contribution in [3.63, 3.8) is 0 Å². The van der Waals surface area contributed by atoms with Crippen molar-refractivity contribution in [1.82, 2.24) is 20.3 Å². The second-order valence-electron chi connectivity index (χ2n) is 2.07. The van der Waals surface area contributed by atoms with Gasteiger partial charge < -0.3 is 5.32 Å². The maximum absolute atomic E-state index is 10.4. The summed E-state index contributed by atoms with van der Waals surface area (Å²) < 4.78 is 1.55. The molecular formula is C5H9N4OP. The number of hydrogen-bond acceptors (Lipinski definition) is 3. The van der Waals surface area contributed by atoms with Crippen LogP contribution in [0.4, 0.5) is 0 Å². The summed E-state index contributed by atoms with van der Waals surface area (Å²) in [6.45, 7) is 1.83. The Bertz CT molecular complexity index is 259. The molecule has 0 aliphatic heterocycles. The lowest BCUT2D eigenvalue weighted by Crippen LogP contribution is -2.23. The number of aromatic nitrogens is 3. The third-order valence-corrected chi connectivity index (χ3v) is 1.31. The van der Waals surface area contributed by atoms with Crippen molar-refractivity contribution in [3.05, 3.63) is 6.20 Å². The summed E-state index contributed by atoms with van der Waals surface area (Å²) in [7, 11) is 2.42. The Morgan fingerprint density at radius 2 is 2.64 bits per heavy atom. The molecule has 60 valence electrons. The zero-order valence-corrected chi connectivity index (χ0v) is 7.27. The molecule has 5 nitrogen and oxygen atoms in total. The molecular weight excluding hydrogens is 163 g/mol. The Labute approximate surface area is 66.4 Å². The fourth-order valence-electron chi connectivity index (χ4n) is 0.583. The molecule has 6 heteroatoms. The van der Waals surface area contributed by atoms with Gasteiger partial charge in [-0.1, -0.05) is 14.5 Å². The molecule has 0 aliphatic carbocycles. The number of rotatable bonds is 2. The van der Waals surface area contributed by atoms with Crippen LogP contribution in [0, 0.1) is 0 Å². The first-order valence-corrected chi connectivity index (χ1v) is 3.66. The SMILES string of the molecule is CC(=O)NCn1cc(P)nn1. The first kappa shape index (κ1) is 8.14. The number of nitrogens with zero attached hydrogens (tertiary/aromatic N) is 3. The highest BCUT2D eigenvalue weighted by molar-refractivity contribution is 7.26. The highest BCUT2D eigenvalue weighted by Crippen LogP contribution is 1.81. The van der Waals surface area contributed by atoms with E-state index in [4.69, 9.17) is 0 Å². The highest BCUT2D eigenvalue weighted by Gasteiger charge is 1.94. The first-order chi connectivity index (χ1) is 5.18. The zero-order chi connectivity index (χ0) is 8.27. The van der Waals surface area contributed by atoms with Gasteiger partial charge >= 0.3 is 0 Å². The predicted octanol–water partition coefficient (Wildman–Crippen LogP) is -1.13. The van der Waals surface area contributed by atoms with Crippen LogP contribution in [-0.2, 0) is 11.5 Å². The van der Waals surface area contributed by atoms with Gasteiger partial charge in [-0.2, -0.15) is 0 Å². The van der Waals surface area contributed by atoms with E-state index in [9.17, 15) is 4.79 Å². The maximum Gasteiger partial charge on any atom is 0.218 e. The smallest absolute Gasteiger partial charge is 0.218 e. The maximum atomic E-state index is 10.4. The van der Waals surface area contributed by atoms with Crippen molar-refractivity contribution in [2.45, 2.75) is 13.6 Å². The normalized spacial score (nSPS) is 9.64. The van der Waals surface area contributed by atoms with Crippen LogP contribution in [0.25, 0.3) is 0 Å². The second-order valence-corrected chi connectivity index (χ2v) is 2.67. The van der Waals surface area contributed by atoms with Crippen molar-refractivity contribution in [3.8, 4) is 0 Å². The Morgan fingerprint density at radius 3 is 3.09 bits per heavy atom. The molecule has 1 rings (SSSR count). The van der Waals surface area contributed by atoms with Crippen molar-refractivity contribution >= 4 is 20.6 Å². The average molecular weight is 172 g/mol. The summed E-state index contributed by atoms with van der Waals surface area (Å²) in [4.78, 5) is 10.4. The van der Waals surface area contributed by atoms with E-state index in [1.165, 1.54) is 6.92 Å². The number of amides is 1. The Morgan fingerprint density at radius 1 is 1.91 bits per heavy atom. The molecule has 0 spiro atoms. The van der Waals surface area contributed by atoms with Crippen LogP contribution in [0.2, 0.25) is 0 Å². The minimum Gasteiger partial charge on any atom is -0.337 e. The molecule has 1 aromatic rings. The number of nitrogens with one attached hydrogen (secondary N) is 1. The van der Waals surface area contributed by atoms with E-state index in [1.807, 2.05) is 0 Å². The summed E-state index contributed by atoms with van der Waals surface area (Å²) in [5, 5.41) is 10.0. The molecule has 0 bridgehead atoms. The topological polar surface area (TPSA) is 59.8 Å². The minimum absolute atomic E-state index is 0.0780. The van der Waals surface area contributed by atoms with Gasteiger partial charge in [-0.3, -0.25) is 4.79 Å². The summed E-state index contributed by atoms with van der Waals surface area (Å²) in [6, 6.07) is 0. The lowest BCUT2D eigenvalue weighted by molar-refractivity contribution is -0.119. The largest absolute Gasteiger partial charge is 0.337 e. The van der Waals surface area contributed by atoms with E-state index in [1.54, 1.807) is 10.9 Å². The van der Waals surface area contributed by atoms with Crippen LogP contribution in [-0.4, -0.2) is 20.9 Å². The fraction of sp³-hybridized carbons (Fsp3) is 0.400. The van der Waals surface area contributed by atoms with E-state index >= 15 is 0 Å². The van der Waals surface area contributed by atoms with Gasteiger partial charge in [0.2, 0.25) is 5.91 Å². The molecule has 0 radical (unpaired) electrons. The lowest BCUT2D eigenvalue weighted by Gasteiger charge is -1.98. The van der Waals surface area contributed by atoms with Crippen molar-refractivity contribution in [1.29, 1.82) is 0 Å². The van der Waals surface area contributed by atoms with Crippen molar-refractivity contribution in [2.75, 3.05) is 0 Å². The molecule has 0 aliphatic rings. The monoisotopic (exact) mass is 172 g/mol. The van der Waals surface area contributed by atoms with Gasteiger partial charge in [0.15, 0.2) is 0 Å². The van der Waals surface area contributed by atoms with Gasteiger partial charge in [0.25, 0.3) is 0 Å². The van der Waals surface area contributed by atoms with Gasteiger partial charge in [0.05, 0.1) is 11.6 Å². The zero-order valence-electron chi connectivity index (χ0n) is 6.11. The third kappa shape index (κ3) is 2.63. The Balaban J connectivity index is 2.45. The standard InChI is InChI=1S/C5H9N4OP/c1-4(10)6-3-9-2-5(11)7-8-9/h2H,3,11H2,1H3,(H,6,10). The lowest BCUT2D eigenvalue weighted by atomic mass is 10.7. The van der Waals surface area contributed by atoms with Gasteiger partial charge in [0.1, 0.15) is 6.67 Å². The van der Waals surface area contributed by atoms with E-state index in [-0.39, 0.29) is 5.91 Å². The molecule has 1 aromatic heterocycles. The quantitative estimate of drug-likeness (QED) is 0.574. The summed E-state index contributed by atoms with van der Waals surface area (Å²) in [5.74, 6) is -0.0780. The third-order valence-electron chi connectivity index (χ3n) is 1.05. The molecule has 0 saturated carbocycles. The number of carbonyl (C=O) groups is 1. The van der Waals surface area contributed by atoms with E-state index in [2.05, 4.69) is 24.9 Å². The molecule has 11 heavy (non-hydrogen) atoms. The highest BCUT2D eigenvalue weighted by atomic mass is 31.0. The van der Waals surface area contributed by atoms with E-state index in [0.29, 0.717) is 6.67 Å². The van der Waals surface area contributed by atoms with Crippen LogP contribution < -0.4 is 10.8 Å². The average Bonchev–Trinajstić information content (AvgIpc) is 2.31. The molecule has 1 unspecified atom stereocenters. The van der Waals surface area contributed by atoms with Crippen LogP contribution >= 0.6 is 9.24 Å². The Hall–Kier alpha value is -0.960. The van der Waals surface area contributed by atoms with E-state index in [0.717, 1.165) is 5.44 Å². The molecule has 0 saturated heterocycles. The van der Waals surface area contributed by atoms with E-state index < -0.39 is 0 Å². The van der Waals surface area contributed by atoms with Crippen molar-refractivity contribution < 1.29 is 4.79 Å². The van der Waals surface area contributed by atoms with Gasteiger partial charge in [-0.25, -0.2) is 4.68 Å². The van der Waals surface area contributed by atoms with Crippen LogP contribution in [0.3, 0.4) is 0 Å². The molecule has 1 amide bonds. The molecule has 0 fully saturated rings. The Kier molecular flexibility index (Phi) is 2.54. The summed E-state index contributed by atoms with van der Waals surface area (Å²) >= 11 is 0. The number of hydrogen-bond donors (Lipinski definition) is 1. The minimum atomic E-state index is -0.0780. The molecule has 1 heterocycles. The van der Waals surface area contributed by atoms with Crippen LogP contribution in [0.5, 0.6) is 0 Å². The molecule has 0 aromatic carbocycles. The van der Waals surface area contributed by atoms with Crippen LogP contribution in [0.15, 0.2) is 6.20 Å². The van der Waals surface area contributed by atoms with Gasteiger partial charge in [-0.15, -0.1) is 5.10 Å².